The molecule has 0 saturated carbocycles. The molecule has 0 aliphatic carbocycles. The fourth-order valence-electron chi connectivity index (χ4n) is 3.92. The molecule has 0 amide bonds. The molecule has 0 spiro atoms. The van der Waals surface area contributed by atoms with E-state index >= 15 is 0 Å². The van der Waals surface area contributed by atoms with Crippen molar-refractivity contribution in [2.45, 2.75) is 79.1 Å². The number of allylic oxidation sites excluding steroid dienone is 1. The quantitative estimate of drug-likeness (QED) is 0.0889. The third kappa shape index (κ3) is 12.3. The number of benzene rings is 2. The molecule has 2 N–H and O–H groups in total. The van der Waals surface area contributed by atoms with Gasteiger partial charge in [-0.25, -0.2) is 9.59 Å². The van der Waals surface area contributed by atoms with Crippen LogP contribution in [0.15, 0.2) is 36.4 Å². The number of unbranched alkanes of at least 4 members (excludes halogenated alkanes) is 2. The number of carboxylic acid groups (broad SMARTS) is 2. The van der Waals surface area contributed by atoms with Crippen LogP contribution in [0.1, 0.15) is 99.8 Å². The zero-order valence-corrected chi connectivity index (χ0v) is 26.5. The van der Waals surface area contributed by atoms with Gasteiger partial charge in [-0.3, -0.25) is 0 Å². The third-order valence-electron chi connectivity index (χ3n) is 6.14. The lowest BCUT2D eigenvalue weighted by atomic mass is 10.1. The van der Waals surface area contributed by atoms with E-state index in [0.29, 0.717) is 87.0 Å². The maximum absolute atomic E-state index is 11.7. The fraction of sp³-hybridized carbons (Fsp3) is 0.529. The first-order chi connectivity index (χ1) is 21.4. The summed E-state index contributed by atoms with van der Waals surface area (Å²) < 4.78 is 35.3. The molecule has 0 aromatic heterocycles. The normalized spacial score (nSPS) is 10.9. The SMILES string of the molecule is CCCCOc1cc(C(=O)O)cc(OCCC/C=C\CCOc2cc(C(=O)O)cc(OCCC)c2OCCC)c1OCCC. The molecule has 0 aliphatic heterocycles. The van der Waals surface area contributed by atoms with Crippen molar-refractivity contribution >= 4 is 11.9 Å². The number of ether oxygens (including phenoxy) is 6. The minimum absolute atomic E-state index is 0.0716. The Hall–Kier alpha value is -4.08. The lowest BCUT2D eigenvalue weighted by Gasteiger charge is -2.17. The lowest BCUT2D eigenvalue weighted by Crippen LogP contribution is -2.08. The Morgan fingerprint density at radius 1 is 0.523 bits per heavy atom. The van der Waals surface area contributed by atoms with Crippen LogP contribution >= 0.6 is 0 Å². The van der Waals surface area contributed by atoms with Crippen molar-refractivity contribution < 1.29 is 48.2 Å². The largest absolute Gasteiger partial charge is 0.490 e. The van der Waals surface area contributed by atoms with E-state index in [9.17, 15) is 19.8 Å². The molecule has 2 rings (SSSR count). The van der Waals surface area contributed by atoms with Gasteiger partial charge in [0.25, 0.3) is 0 Å². The Bertz CT molecular complexity index is 1190. The van der Waals surface area contributed by atoms with Crippen LogP contribution in [0.3, 0.4) is 0 Å². The minimum Gasteiger partial charge on any atom is -0.490 e. The molecule has 0 atom stereocenters. The average Bonchev–Trinajstić information content (AvgIpc) is 3.01. The highest BCUT2D eigenvalue weighted by Crippen LogP contribution is 2.40. The molecule has 0 heterocycles. The van der Waals surface area contributed by atoms with E-state index in [1.807, 2.05) is 32.9 Å². The van der Waals surface area contributed by atoms with Crippen molar-refractivity contribution in [1.82, 2.24) is 0 Å². The Kier molecular flexibility index (Phi) is 17.0. The molecule has 44 heavy (non-hydrogen) atoms. The Balaban J connectivity index is 1.97. The van der Waals surface area contributed by atoms with Crippen LogP contribution in [0.2, 0.25) is 0 Å². The zero-order chi connectivity index (χ0) is 32.2. The number of hydrogen-bond donors (Lipinski definition) is 2. The molecule has 0 saturated heterocycles. The first-order valence-corrected chi connectivity index (χ1v) is 15.6. The highest BCUT2D eigenvalue weighted by atomic mass is 16.5. The lowest BCUT2D eigenvalue weighted by molar-refractivity contribution is 0.0685. The maximum Gasteiger partial charge on any atom is 0.335 e. The zero-order valence-electron chi connectivity index (χ0n) is 26.5. The average molecular weight is 617 g/mol. The van der Waals surface area contributed by atoms with Gasteiger partial charge < -0.3 is 38.6 Å². The molecule has 244 valence electrons. The number of carboxylic acids is 2. The molecule has 0 bridgehead atoms. The van der Waals surface area contributed by atoms with Gasteiger partial charge in [0.1, 0.15) is 0 Å². The monoisotopic (exact) mass is 616 g/mol. The van der Waals surface area contributed by atoms with Gasteiger partial charge >= 0.3 is 11.9 Å². The Morgan fingerprint density at radius 2 is 0.909 bits per heavy atom. The van der Waals surface area contributed by atoms with E-state index < -0.39 is 11.9 Å². The van der Waals surface area contributed by atoms with Gasteiger partial charge in [-0.1, -0.05) is 46.3 Å². The number of carbonyl (C=O) groups is 2. The van der Waals surface area contributed by atoms with Crippen molar-refractivity contribution in [2.75, 3.05) is 39.6 Å². The van der Waals surface area contributed by atoms with E-state index in [1.165, 1.54) is 24.3 Å². The van der Waals surface area contributed by atoms with Crippen LogP contribution in [0.5, 0.6) is 34.5 Å². The molecule has 2 aromatic carbocycles. The summed E-state index contributed by atoms with van der Waals surface area (Å²) >= 11 is 0. The highest BCUT2D eigenvalue weighted by Gasteiger charge is 2.20. The summed E-state index contributed by atoms with van der Waals surface area (Å²) in [5, 5.41) is 19.1. The number of hydrogen-bond acceptors (Lipinski definition) is 8. The first kappa shape index (κ1) is 36.1. The van der Waals surface area contributed by atoms with Crippen LogP contribution in [-0.4, -0.2) is 61.8 Å². The first-order valence-electron chi connectivity index (χ1n) is 15.6. The van der Waals surface area contributed by atoms with Crippen LogP contribution in [0.4, 0.5) is 0 Å². The molecule has 10 heteroatoms. The molecular weight excluding hydrogens is 568 g/mol. The summed E-state index contributed by atoms with van der Waals surface area (Å²) in [6, 6.07) is 5.89. The van der Waals surface area contributed by atoms with Gasteiger partial charge in [-0.2, -0.15) is 0 Å². The van der Waals surface area contributed by atoms with E-state index in [4.69, 9.17) is 28.4 Å². The Morgan fingerprint density at radius 3 is 1.34 bits per heavy atom. The van der Waals surface area contributed by atoms with Crippen molar-refractivity contribution in [3.8, 4) is 34.5 Å². The minimum atomic E-state index is -1.07. The van der Waals surface area contributed by atoms with Crippen molar-refractivity contribution in [3.05, 3.63) is 47.5 Å². The van der Waals surface area contributed by atoms with Gasteiger partial charge in [0.05, 0.1) is 50.8 Å². The van der Waals surface area contributed by atoms with Crippen LogP contribution in [-0.2, 0) is 0 Å². The smallest absolute Gasteiger partial charge is 0.335 e. The van der Waals surface area contributed by atoms with Crippen LogP contribution in [0.25, 0.3) is 0 Å². The molecule has 0 fully saturated rings. The molecule has 10 nitrogen and oxygen atoms in total. The molecule has 0 aliphatic rings. The topological polar surface area (TPSA) is 130 Å². The second-order valence-corrected chi connectivity index (χ2v) is 10.1. The van der Waals surface area contributed by atoms with Gasteiger partial charge in [-0.05, 0) is 69.2 Å². The number of rotatable bonds is 24. The van der Waals surface area contributed by atoms with Crippen LogP contribution in [0, 0.1) is 0 Å². The van der Waals surface area contributed by atoms with Crippen molar-refractivity contribution in [1.29, 1.82) is 0 Å². The standard InChI is InChI=1S/C34H48O10/c1-5-9-18-40-28-22-26(34(37)38)24-30(32(28)44-17-8-4)42-20-14-12-10-11-13-19-41-29-23-25(33(35)36)21-27(39-15-6-2)31(29)43-16-7-3/h10-11,21-24H,5-9,12-20H2,1-4H3,(H,35,36)(H,37,38)/b11-10-. The van der Waals surface area contributed by atoms with Gasteiger partial charge in [-0.15, -0.1) is 0 Å². The van der Waals surface area contributed by atoms with Crippen molar-refractivity contribution in [2.24, 2.45) is 0 Å². The molecular formula is C34H48O10. The van der Waals surface area contributed by atoms with Gasteiger partial charge in [0, 0.05) is 0 Å². The third-order valence-corrected chi connectivity index (χ3v) is 6.14. The predicted octanol–water partition coefficient (Wildman–Crippen LogP) is 7.81. The maximum atomic E-state index is 11.7. The number of aromatic carboxylic acids is 2. The van der Waals surface area contributed by atoms with Crippen molar-refractivity contribution in [3.63, 3.8) is 0 Å². The Labute approximate surface area is 260 Å². The summed E-state index contributed by atoms with van der Waals surface area (Å²) in [6.07, 6.45) is 10.2. The summed E-state index contributed by atoms with van der Waals surface area (Å²) in [4.78, 5) is 23.4. The second kappa shape index (κ2) is 20.8. The van der Waals surface area contributed by atoms with E-state index in [-0.39, 0.29) is 11.1 Å². The second-order valence-electron chi connectivity index (χ2n) is 10.1. The molecule has 2 aromatic rings. The summed E-state index contributed by atoms with van der Waals surface area (Å²) in [5.74, 6) is 0.150. The van der Waals surface area contributed by atoms with Crippen LogP contribution < -0.4 is 28.4 Å². The van der Waals surface area contributed by atoms with Gasteiger partial charge in [0.15, 0.2) is 23.0 Å². The van der Waals surface area contributed by atoms with E-state index in [2.05, 4.69) is 6.92 Å². The van der Waals surface area contributed by atoms with E-state index in [0.717, 1.165) is 38.5 Å². The summed E-state index contributed by atoms with van der Waals surface area (Å²) in [6.45, 7) is 10.5. The molecule has 0 radical (unpaired) electrons. The van der Waals surface area contributed by atoms with E-state index in [1.54, 1.807) is 0 Å². The molecule has 0 unspecified atom stereocenters. The fourth-order valence-corrected chi connectivity index (χ4v) is 3.92. The predicted molar refractivity (Wildman–Crippen MR) is 169 cm³/mol. The summed E-state index contributed by atoms with van der Waals surface area (Å²) in [7, 11) is 0. The highest BCUT2D eigenvalue weighted by molar-refractivity contribution is 5.90. The summed E-state index contributed by atoms with van der Waals surface area (Å²) in [5.41, 5.74) is 0.152. The van der Waals surface area contributed by atoms with Gasteiger partial charge in [0.2, 0.25) is 11.5 Å².